The van der Waals surface area contributed by atoms with Gasteiger partial charge in [-0.3, -0.25) is 14.2 Å². The lowest BCUT2D eigenvalue weighted by molar-refractivity contribution is -0.117. The quantitative estimate of drug-likeness (QED) is 0.712. The van der Waals surface area contributed by atoms with Gasteiger partial charge in [0.1, 0.15) is 16.4 Å². The van der Waals surface area contributed by atoms with Crippen molar-refractivity contribution in [2.24, 2.45) is 0 Å². The van der Waals surface area contributed by atoms with E-state index in [2.05, 4.69) is 0 Å². The van der Waals surface area contributed by atoms with Gasteiger partial charge in [0.15, 0.2) is 0 Å². The second-order valence-electron chi connectivity index (χ2n) is 6.06. The molecule has 5 heteroatoms. The third kappa shape index (κ3) is 3.17. The number of nitrogens with zero attached hydrogens (tertiary/aromatic N) is 2. The summed E-state index contributed by atoms with van der Waals surface area (Å²) >= 11 is 1.56. The van der Waals surface area contributed by atoms with E-state index >= 15 is 0 Å². The van der Waals surface area contributed by atoms with Gasteiger partial charge in [-0.25, -0.2) is 4.98 Å². The highest BCUT2D eigenvalue weighted by Gasteiger charge is 2.16. The summed E-state index contributed by atoms with van der Waals surface area (Å²) < 4.78 is 1.68. The van der Waals surface area contributed by atoms with Crippen LogP contribution < -0.4 is 5.56 Å². The van der Waals surface area contributed by atoms with Gasteiger partial charge >= 0.3 is 0 Å². The van der Waals surface area contributed by atoms with Crippen molar-refractivity contribution in [3.8, 4) is 0 Å². The summed E-state index contributed by atoms with van der Waals surface area (Å²) in [4.78, 5) is 31.1. The molecule has 3 aromatic rings. The van der Waals surface area contributed by atoms with Crippen molar-refractivity contribution >= 4 is 27.3 Å². The smallest absolute Gasteiger partial charge is 0.262 e. The van der Waals surface area contributed by atoms with Gasteiger partial charge in [0.2, 0.25) is 0 Å². The summed E-state index contributed by atoms with van der Waals surface area (Å²) in [5.41, 5.74) is 2.06. The number of aromatic nitrogens is 2. The van der Waals surface area contributed by atoms with Crippen LogP contribution in [0.5, 0.6) is 0 Å². The number of Topliss-reactive ketones (excluding diaryl/α,β-unsaturated/α-hetero) is 1. The van der Waals surface area contributed by atoms with Crippen LogP contribution in [0.15, 0.2) is 35.1 Å². The van der Waals surface area contributed by atoms with E-state index in [-0.39, 0.29) is 11.3 Å². The van der Waals surface area contributed by atoms with Gasteiger partial charge in [0.05, 0.1) is 5.39 Å². The number of thiophene rings is 1. The van der Waals surface area contributed by atoms with Gasteiger partial charge in [0, 0.05) is 24.3 Å². The van der Waals surface area contributed by atoms with Crippen LogP contribution in [0.3, 0.4) is 0 Å². The van der Waals surface area contributed by atoms with Crippen molar-refractivity contribution in [3.63, 3.8) is 0 Å². The van der Waals surface area contributed by atoms with E-state index in [1.54, 1.807) is 22.8 Å². The minimum Gasteiger partial charge on any atom is -0.300 e. The van der Waals surface area contributed by atoms with Gasteiger partial charge in [-0.05, 0) is 31.9 Å². The van der Waals surface area contributed by atoms with Gasteiger partial charge in [0.25, 0.3) is 5.56 Å². The zero-order valence-corrected chi connectivity index (χ0v) is 14.9. The number of rotatable bonds is 5. The molecule has 0 fully saturated rings. The fourth-order valence-corrected chi connectivity index (χ4v) is 3.82. The summed E-state index contributed by atoms with van der Waals surface area (Å²) in [6.07, 6.45) is 0.928. The van der Waals surface area contributed by atoms with Crippen molar-refractivity contribution in [3.05, 3.63) is 62.5 Å². The molecule has 4 nitrogen and oxygen atoms in total. The minimum atomic E-state index is -0.0333. The molecule has 2 heterocycles. The van der Waals surface area contributed by atoms with Crippen LogP contribution >= 0.6 is 11.3 Å². The maximum Gasteiger partial charge on any atom is 0.262 e. The Morgan fingerprint density at radius 1 is 1.21 bits per heavy atom. The average Bonchev–Trinajstić information content (AvgIpc) is 2.82. The third-order valence-corrected chi connectivity index (χ3v) is 5.36. The molecular weight excluding hydrogens is 320 g/mol. The Morgan fingerprint density at radius 2 is 1.92 bits per heavy atom. The van der Waals surface area contributed by atoms with E-state index in [0.717, 1.165) is 26.7 Å². The normalized spacial score (nSPS) is 11.1. The van der Waals surface area contributed by atoms with Crippen molar-refractivity contribution in [2.45, 2.75) is 40.2 Å². The monoisotopic (exact) mass is 340 g/mol. The Kier molecular flexibility index (Phi) is 4.62. The molecule has 0 N–H and O–H groups in total. The molecule has 24 heavy (non-hydrogen) atoms. The number of hydrogen-bond donors (Lipinski definition) is 0. The van der Waals surface area contributed by atoms with E-state index in [9.17, 15) is 9.59 Å². The predicted octanol–water partition coefficient (Wildman–Crippen LogP) is 3.64. The number of carbonyl (C=O) groups is 1. The van der Waals surface area contributed by atoms with Gasteiger partial charge in [-0.2, -0.15) is 0 Å². The Balaban J connectivity index is 2.16. The Labute approximate surface area is 144 Å². The summed E-state index contributed by atoms with van der Waals surface area (Å²) in [6.45, 7) is 5.91. The molecule has 0 bridgehead atoms. The SMILES string of the molecule is CC(=O)CCn1c(Cc2ccccc2)nc2sc(C)c(C)c2c1=O. The molecule has 1 aromatic carbocycles. The van der Waals surface area contributed by atoms with Crippen molar-refractivity contribution in [2.75, 3.05) is 0 Å². The molecule has 0 amide bonds. The van der Waals surface area contributed by atoms with Crippen LogP contribution in [0.25, 0.3) is 10.2 Å². The second-order valence-corrected chi connectivity index (χ2v) is 7.27. The number of fused-ring (bicyclic) bond motifs is 1. The first-order valence-corrected chi connectivity index (χ1v) is 8.81. The van der Waals surface area contributed by atoms with Gasteiger partial charge in [-0.15, -0.1) is 11.3 Å². The molecule has 2 aromatic heterocycles. The van der Waals surface area contributed by atoms with Gasteiger partial charge < -0.3 is 0 Å². The van der Waals surface area contributed by atoms with E-state index in [0.29, 0.717) is 24.8 Å². The predicted molar refractivity (Wildman–Crippen MR) is 97.9 cm³/mol. The summed E-state index contributed by atoms with van der Waals surface area (Å²) in [7, 11) is 0. The van der Waals surface area contributed by atoms with E-state index < -0.39 is 0 Å². The molecule has 0 spiro atoms. The topological polar surface area (TPSA) is 52.0 Å². The van der Waals surface area contributed by atoms with E-state index in [4.69, 9.17) is 4.98 Å². The summed E-state index contributed by atoms with van der Waals surface area (Å²) in [6, 6.07) is 9.97. The molecule has 124 valence electrons. The Morgan fingerprint density at radius 3 is 2.58 bits per heavy atom. The standard InChI is InChI=1S/C19H20N2O2S/c1-12(22)9-10-21-16(11-15-7-5-4-6-8-15)20-18-17(19(21)23)13(2)14(3)24-18/h4-8H,9-11H2,1-3H3. The highest BCUT2D eigenvalue weighted by atomic mass is 32.1. The van der Waals surface area contributed by atoms with Crippen LogP contribution in [-0.2, 0) is 17.8 Å². The first kappa shape index (κ1) is 16.6. The lowest BCUT2D eigenvalue weighted by Gasteiger charge is -2.12. The number of ketones is 1. The largest absolute Gasteiger partial charge is 0.300 e. The summed E-state index contributed by atoms with van der Waals surface area (Å²) in [5, 5.41) is 0.692. The first-order chi connectivity index (χ1) is 11.5. The molecular formula is C19H20N2O2S. The van der Waals surface area contributed by atoms with Crippen molar-refractivity contribution in [1.29, 1.82) is 0 Å². The average molecular weight is 340 g/mol. The number of hydrogen-bond acceptors (Lipinski definition) is 4. The molecule has 0 saturated carbocycles. The highest BCUT2D eigenvalue weighted by molar-refractivity contribution is 7.18. The van der Waals surface area contributed by atoms with Crippen LogP contribution in [-0.4, -0.2) is 15.3 Å². The zero-order valence-electron chi connectivity index (χ0n) is 14.1. The minimum absolute atomic E-state index is 0.0333. The molecule has 0 unspecified atom stereocenters. The van der Waals surface area contributed by atoms with Crippen molar-refractivity contribution in [1.82, 2.24) is 9.55 Å². The van der Waals surface area contributed by atoms with Crippen LogP contribution in [0.1, 0.15) is 35.2 Å². The number of carbonyl (C=O) groups excluding carboxylic acids is 1. The number of benzene rings is 1. The molecule has 0 saturated heterocycles. The number of aryl methyl sites for hydroxylation is 2. The first-order valence-electron chi connectivity index (χ1n) is 8.00. The van der Waals surface area contributed by atoms with Crippen LogP contribution in [0.4, 0.5) is 0 Å². The Hall–Kier alpha value is -2.27. The molecule has 0 aliphatic heterocycles. The van der Waals surface area contributed by atoms with Gasteiger partial charge in [-0.1, -0.05) is 30.3 Å². The van der Waals surface area contributed by atoms with Crippen LogP contribution in [0, 0.1) is 13.8 Å². The second kappa shape index (κ2) is 6.69. The fourth-order valence-electron chi connectivity index (χ4n) is 2.78. The lowest BCUT2D eigenvalue weighted by Crippen LogP contribution is -2.26. The Bertz CT molecular complexity index is 955. The van der Waals surface area contributed by atoms with Crippen molar-refractivity contribution < 1.29 is 4.79 Å². The highest BCUT2D eigenvalue weighted by Crippen LogP contribution is 2.26. The molecule has 0 aliphatic carbocycles. The molecule has 3 rings (SSSR count). The molecule has 0 radical (unpaired) electrons. The summed E-state index contributed by atoms with van der Waals surface area (Å²) in [5.74, 6) is 0.798. The molecule has 0 atom stereocenters. The zero-order chi connectivity index (χ0) is 17.3. The van der Waals surface area contributed by atoms with E-state index in [1.165, 1.54) is 0 Å². The fraction of sp³-hybridized carbons (Fsp3) is 0.316. The van der Waals surface area contributed by atoms with E-state index in [1.807, 2.05) is 44.2 Å². The lowest BCUT2D eigenvalue weighted by atomic mass is 10.1. The van der Waals surface area contributed by atoms with Crippen LogP contribution in [0.2, 0.25) is 0 Å². The maximum atomic E-state index is 13.0. The molecule has 0 aliphatic rings. The maximum absolute atomic E-state index is 13.0. The third-order valence-electron chi connectivity index (χ3n) is 4.26.